The second-order valence-electron chi connectivity index (χ2n) is 7.99. The van der Waals surface area contributed by atoms with Crippen molar-refractivity contribution in [1.82, 2.24) is 14.5 Å². The van der Waals surface area contributed by atoms with Crippen molar-refractivity contribution in [2.75, 3.05) is 7.11 Å². The first-order valence-corrected chi connectivity index (χ1v) is 10.3. The molecule has 8 nitrogen and oxygen atoms in total. The van der Waals surface area contributed by atoms with Gasteiger partial charge in [-0.05, 0) is 42.7 Å². The molecule has 174 valence electrons. The van der Waals surface area contributed by atoms with Crippen molar-refractivity contribution in [2.45, 2.75) is 26.7 Å². The quantitative estimate of drug-likeness (QED) is 0.301. The highest BCUT2D eigenvalue weighted by Gasteiger charge is 2.26. The maximum atomic E-state index is 15.2. The Hall–Kier alpha value is -4.21. The number of aryl methyl sites for hydroxylation is 1. The number of pyridine rings is 3. The summed E-state index contributed by atoms with van der Waals surface area (Å²) >= 11 is 0. The second kappa shape index (κ2) is 8.62. The molecule has 0 saturated carbocycles. The number of methoxy groups -OCH3 is 1. The molecule has 1 aromatic carbocycles. The van der Waals surface area contributed by atoms with Crippen LogP contribution < -0.4 is 10.3 Å². The van der Waals surface area contributed by atoms with Crippen molar-refractivity contribution < 1.29 is 18.4 Å². The molecule has 4 aromatic rings. The molecule has 0 amide bonds. The molecule has 0 radical (unpaired) electrons. The number of rotatable bonds is 5. The van der Waals surface area contributed by atoms with Gasteiger partial charge in [0.25, 0.3) is 0 Å². The van der Waals surface area contributed by atoms with E-state index in [4.69, 9.17) is 4.74 Å². The average molecular weight is 466 g/mol. The van der Waals surface area contributed by atoms with Crippen molar-refractivity contribution in [3.63, 3.8) is 0 Å². The molecular formula is C24H20F2N4O4. The number of fused-ring (bicyclic) bond motifs is 1. The number of halogens is 2. The summed E-state index contributed by atoms with van der Waals surface area (Å²) in [6.07, 6.45) is 1.57. The Kier molecular flexibility index (Phi) is 5.82. The molecule has 0 aliphatic heterocycles. The van der Waals surface area contributed by atoms with Crippen LogP contribution in [0.3, 0.4) is 0 Å². The van der Waals surface area contributed by atoms with Gasteiger partial charge in [-0.25, -0.2) is 13.8 Å². The summed E-state index contributed by atoms with van der Waals surface area (Å²) in [4.78, 5) is 32.8. The zero-order valence-electron chi connectivity index (χ0n) is 18.8. The molecule has 3 heterocycles. The van der Waals surface area contributed by atoms with Crippen LogP contribution in [0.5, 0.6) is 5.75 Å². The molecule has 4 rings (SSSR count). The number of hydrogen-bond acceptors (Lipinski definition) is 6. The number of nitrogens with zero attached hydrogens (tertiary/aromatic N) is 4. The lowest BCUT2D eigenvalue weighted by Gasteiger charge is -2.18. The lowest BCUT2D eigenvalue weighted by atomic mass is 10.0. The third-order valence-electron chi connectivity index (χ3n) is 5.46. The molecule has 34 heavy (non-hydrogen) atoms. The maximum absolute atomic E-state index is 15.2. The third kappa shape index (κ3) is 3.66. The van der Waals surface area contributed by atoms with Gasteiger partial charge in [-0.15, -0.1) is 0 Å². The van der Waals surface area contributed by atoms with Crippen molar-refractivity contribution in [1.29, 1.82) is 0 Å². The first-order chi connectivity index (χ1) is 16.1. The number of nitro groups is 1. The largest absolute Gasteiger partial charge is 0.496 e. The number of aromatic nitrogens is 3. The summed E-state index contributed by atoms with van der Waals surface area (Å²) in [6, 6.07) is 7.61. The predicted octanol–water partition coefficient (Wildman–Crippen LogP) is 5.07. The predicted molar refractivity (Wildman–Crippen MR) is 123 cm³/mol. The lowest BCUT2D eigenvalue weighted by molar-refractivity contribution is -0.386. The van der Waals surface area contributed by atoms with E-state index < -0.39 is 33.5 Å². The standard InChI is InChI=1S/C24H20F2N4O4/c1-12(2)20-22(13(3)8-9-27-20)29-23-14(11-17(24(29)31)30(32)33)10-16(26)21(28-23)19-15(25)6-5-7-18(19)34-4/h5-12H,1-4H3. The van der Waals surface area contributed by atoms with Crippen LogP contribution in [0.25, 0.3) is 28.0 Å². The fourth-order valence-electron chi connectivity index (χ4n) is 3.90. The average Bonchev–Trinajstić information content (AvgIpc) is 2.78. The maximum Gasteiger partial charge on any atom is 0.335 e. The molecule has 0 fully saturated rings. The van der Waals surface area contributed by atoms with Crippen LogP contribution >= 0.6 is 0 Å². The highest BCUT2D eigenvalue weighted by Crippen LogP contribution is 2.35. The first kappa shape index (κ1) is 23.0. The fourth-order valence-corrected chi connectivity index (χ4v) is 3.90. The van der Waals surface area contributed by atoms with Gasteiger partial charge in [0.2, 0.25) is 0 Å². The smallest absolute Gasteiger partial charge is 0.335 e. The van der Waals surface area contributed by atoms with Gasteiger partial charge in [0.05, 0.1) is 29.0 Å². The van der Waals surface area contributed by atoms with Crippen LogP contribution in [0.1, 0.15) is 31.0 Å². The van der Waals surface area contributed by atoms with Gasteiger partial charge in [-0.1, -0.05) is 19.9 Å². The van der Waals surface area contributed by atoms with E-state index in [1.165, 1.54) is 19.2 Å². The van der Waals surface area contributed by atoms with Gasteiger partial charge in [0.1, 0.15) is 28.7 Å². The number of hydrogen-bond donors (Lipinski definition) is 0. The van der Waals surface area contributed by atoms with Gasteiger partial charge in [-0.2, -0.15) is 0 Å². The summed E-state index contributed by atoms with van der Waals surface area (Å²) in [6.45, 7) is 5.45. The summed E-state index contributed by atoms with van der Waals surface area (Å²) in [5.74, 6) is -1.81. The van der Waals surface area contributed by atoms with E-state index in [2.05, 4.69) is 9.97 Å². The number of benzene rings is 1. The Bertz CT molecular complexity index is 1520. The van der Waals surface area contributed by atoms with Crippen LogP contribution in [0.2, 0.25) is 0 Å². The van der Waals surface area contributed by atoms with Gasteiger partial charge < -0.3 is 4.74 Å². The van der Waals surface area contributed by atoms with Crippen molar-refractivity contribution in [3.05, 3.63) is 86.0 Å². The van der Waals surface area contributed by atoms with E-state index in [1.54, 1.807) is 19.2 Å². The van der Waals surface area contributed by atoms with E-state index in [0.29, 0.717) is 16.9 Å². The molecular weight excluding hydrogens is 446 g/mol. The molecule has 0 atom stereocenters. The van der Waals surface area contributed by atoms with Crippen molar-refractivity contribution >= 4 is 16.7 Å². The first-order valence-electron chi connectivity index (χ1n) is 10.3. The van der Waals surface area contributed by atoms with Crippen LogP contribution in [0.15, 0.2) is 47.4 Å². The SMILES string of the molecule is COc1cccc(F)c1-c1nc2c(cc1F)cc([N+](=O)[O-])c(=O)n2-c1c(C)ccnc1C(C)C. The topological polar surface area (TPSA) is 100 Å². The van der Waals surface area contributed by atoms with Gasteiger partial charge in [-0.3, -0.25) is 24.5 Å². The Labute approximate surface area is 192 Å². The van der Waals surface area contributed by atoms with Crippen LogP contribution in [0, 0.1) is 28.7 Å². The zero-order chi connectivity index (χ0) is 24.7. The highest BCUT2D eigenvalue weighted by atomic mass is 19.1. The lowest BCUT2D eigenvalue weighted by Crippen LogP contribution is -2.25. The zero-order valence-corrected chi connectivity index (χ0v) is 18.8. The molecule has 0 spiro atoms. The molecule has 0 unspecified atom stereocenters. The van der Waals surface area contributed by atoms with Crippen molar-refractivity contribution in [3.8, 4) is 22.7 Å². The molecule has 0 aliphatic rings. The Morgan fingerprint density at radius 3 is 2.53 bits per heavy atom. The summed E-state index contributed by atoms with van der Waals surface area (Å²) in [5.41, 5.74) is -0.981. The Morgan fingerprint density at radius 2 is 1.88 bits per heavy atom. The minimum atomic E-state index is -0.957. The van der Waals surface area contributed by atoms with Crippen LogP contribution in [0.4, 0.5) is 14.5 Å². The van der Waals surface area contributed by atoms with E-state index >= 15 is 4.39 Å². The van der Waals surface area contributed by atoms with E-state index in [0.717, 1.165) is 22.8 Å². The monoisotopic (exact) mass is 466 g/mol. The summed E-state index contributed by atoms with van der Waals surface area (Å²) < 4.78 is 36.2. The fraction of sp³-hybridized carbons (Fsp3) is 0.208. The van der Waals surface area contributed by atoms with Crippen molar-refractivity contribution in [2.24, 2.45) is 0 Å². The van der Waals surface area contributed by atoms with Gasteiger partial charge in [0, 0.05) is 17.6 Å². The van der Waals surface area contributed by atoms with E-state index in [-0.39, 0.29) is 28.3 Å². The van der Waals surface area contributed by atoms with E-state index in [9.17, 15) is 19.3 Å². The van der Waals surface area contributed by atoms with Gasteiger partial charge >= 0.3 is 11.2 Å². The van der Waals surface area contributed by atoms with Crippen LogP contribution in [-0.2, 0) is 0 Å². The van der Waals surface area contributed by atoms with Gasteiger partial charge in [0.15, 0.2) is 0 Å². The third-order valence-corrected chi connectivity index (χ3v) is 5.46. The Balaban J connectivity index is 2.22. The molecule has 0 aliphatic carbocycles. The number of ether oxygens (including phenoxy) is 1. The Morgan fingerprint density at radius 1 is 1.15 bits per heavy atom. The second-order valence-corrected chi connectivity index (χ2v) is 7.99. The van der Waals surface area contributed by atoms with Crippen LogP contribution in [-0.4, -0.2) is 26.6 Å². The molecule has 10 heteroatoms. The normalized spacial score (nSPS) is 11.3. The molecule has 3 aromatic heterocycles. The highest BCUT2D eigenvalue weighted by molar-refractivity contribution is 5.84. The minimum absolute atomic E-state index is 0.000755. The minimum Gasteiger partial charge on any atom is -0.496 e. The molecule has 0 bridgehead atoms. The van der Waals surface area contributed by atoms with E-state index in [1.807, 2.05) is 13.8 Å². The summed E-state index contributed by atoms with van der Waals surface area (Å²) in [5, 5.41) is 11.7. The molecule has 0 saturated heterocycles. The molecule has 0 N–H and O–H groups in total. The summed E-state index contributed by atoms with van der Waals surface area (Å²) in [7, 11) is 1.31.